The standard InChI is InChI=1S/C20H18N6O2/c1-25-18(23-24-20(25)14-6-3-2-4-7-14)11-13-21-16-9-10-17(26(27)28)15-8-5-12-22-19(15)16/h2-10,12,21H,11,13H2,1H3. The Labute approximate surface area is 161 Å². The molecule has 1 N–H and O–H groups in total. The molecule has 2 heterocycles. The van der Waals surface area contributed by atoms with Crippen molar-refractivity contribution in [3.05, 3.63) is 76.7 Å². The van der Waals surface area contributed by atoms with Crippen molar-refractivity contribution in [1.82, 2.24) is 19.7 Å². The van der Waals surface area contributed by atoms with Gasteiger partial charge in [0.05, 0.1) is 16.0 Å². The van der Waals surface area contributed by atoms with Crippen molar-refractivity contribution >= 4 is 22.3 Å². The fourth-order valence-electron chi connectivity index (χ4n) is 3.19. The van der Waals surface area contributed by atoms with Gasteiger partial charge in [-0.1, -0.05) is 30.3 Å². The van der Waals surface area contributed by atoms with Crippen LogP contribution >= 0.6 is 0 Å². The van der Waals surface area contributed by atoms with Crippen molar-refractivity contribution in [2.24, 2.45) is 7.05 Å². The van der Waals surface area contributed by atoms with Crippen molar-refractivity contribution in [2.45, 2.75) is 6.42 Å². The van der Waals surface area contributed by atoms with E-state index in [1.807, 2.05) is 41.9 Å². The van der Waals surface area contributed by atoms with Crippen LogP contribution in [0.15, 0.2) is 60.8 Å². The molecule has 0 unspecified atom stereocenters. The Kier molecular flexibility index (Phi) is 4.67. The zero-order valence-electron chi connectivity index (χ0n) is 15.2. The summed E-state index contributed by atoms with van der Waals surface area (Å²) in [6, 6.07) is 16.5. The second-order valence-corrected chi connectivity index (χ2v) is 6.33. The van der Waals surface area contributed by atoms with Crippen LogP contribution in [0, 0.1) is 10.1 Å². The van der Waals surface area contributed by atoms with E-state index in [2.05, 4.69) is 20.5 Å². The number of fused-ring (bicyclic) bond motifs is 1. The van der Waals surface area contributed by atoms with Crippen LogP contribution in [-0.2, 0) is 13.5 Å². The van der Waals surface area contributed by atoms with Gasteiger partial charge in [-0.3, -0.25) is 15.1 Å². The molecule has 0 atom stereocenters. The molecular formula is C20H18N6O2. The highest BCUT2D eigenvalue weighted by atomic mass is 16.6. The number of pyridine rings is 1. The molecule has 8 nitrogen and oxygen atoms in total. The number of hydrogen-bond acceptors (Lipinski definition) is 6. The van der Waals surface area contributed by atoms with Gasteiger partial charge in [0.25, 0.3) is 5.69 Å². The molecule has 8 heteroatoms. The topological polar surface area (TPSA) is 98.8 Å². The third-order valence-corrected chi connectivity index (χ3v) is 4.60. The molecule has 140 valence electrons. The van der Waals surface area contributed by atoms with Gasteiger partial charge in [0.1, 0.15) is 11.3 Å². The zero-order valence-corrected chi connectivity index (χ0v) is 15.2. The summed E-state index contributed by atoms with van der Waals surface area (Å²) in [7, 11) is 1.94. The number of nitrogens with one attached hydrogen (secondary N) is 1. The van der Waals surface area contributed by atoms with Gasteiger partial charge < -0.3 is 9.88 Å². The van der Waals surface area contributed by atoms with E-state index in [0.717, 1.165) is 22.9 Å². The summed E-state index contributed by atoms with van der Waals surface area (Å²) in [6.07, 6.45) is 2.29. The van der Waals surface area contributed by atoms with Crippen LogP contribution in [0.2, 0.25) is 0 Å². The lowest BCUT2D eigenvalue weighted by atomic mass is 10.1. The quantitative estimate of drug-likeness (QED) is 0.409. The monoisotopic (exact) mass is 374 g/mol. The number of aromatic nitrogens is 4. The molecule has 4 aromatic rings. The molecule has 0 amide bonds. The highest BCUT2D eigenvalue weighted by Crippen LogP contribution is 2.29. The van der Waals surface area contributed by atoms with Crippen molar-refractivity contribution in [2.75, 3.05) is 11.9 Å². The number of hydrogen-bond donors (Lipinski definition) is 1. The fourth-order valence-corrected chi connectivity index (χ4v) is 3.19. The van der Waals surface area contributed by atoms with Gasteiger partial charge in [-0.15, -0.1) is 10.2 Å². The van der Waals surface area contributed by atoms with E-state index in [-0.39, 0.29) is 5.69 Å². The highest BCUT2D eigenvalue weighted by Gasteiger charge is 2.15. The van der Waals surface area contributed by atoms with E-state index in [0.29, 0.717) is 23.9 Å². The first kappa shape index (κ1) is 17.6. The highest BCUT2D eigenvalue weighted by molar-refractivity contribution is 5.96. The van der Waals surface area contributed by atoms with Crippen LogP contribution in [-0.4, -0.2) is 31.2 Å². The van der Waals surface area contributed by atoms with Crippen molar-refractivity contribution < 1.29 is 4.92 Å². The molecule has 2 aromatic carbocycles. The predicted molar refractivity (Wildman–Crippen MR) is 107 cm³/mol. The summed E-state index contributed by atoms with van der Waals surface area (Å²) in [6.45, 7) is 0.601. The first-order valence-corrected chi connectivity index (χ1v) is 8.85. The molecule has 0 aliphatic rings. The lowest BCUT2D eigenvalue weighted by Gasteiger charge is -2.09. The minimum atomic E-state index is -0.390. The third-order valence-electron chi connectivity index (χ3n) is 4.60. The Balaban J connectivity index is 1.52. The van der Waals surface area contributed by atoms with Crippen LogP contribution in [0.1, 0.15) is 5.82 Å². The van der Waals surface area contributed by atoms with Crippen molar-refractivity contribution in [3.63, 3.8) is 0 Å². The number of nitrogens with zero attached hydrogens (tertiary/aromatic N) is 5. The van der Waals surface area contributed by atoms with E-state index in [1.165, 1.54) is 6.07 Å². The van der Waals surface area contributed by atoms with Crippen molar-refractivity contribution in [3.8, 4) is 11.4 Å². The van der Waals surface area contributed by atoms with E-state index >= 15 is 0 Å². The lowest BCUT2D eigenvalue weighted by molar-refractivity contribution is -0.383. The average molecular weight is 374 g/mol. The summed E-state index contributed by atoms with van der Waals surface area (Å²) in [5.41, 5.74) is 2.41. The van der Waals surface area contributed by atoms with Crippen LogP contribution in [0.25, 0.3) is 22.3 Å². The van der Waals surface area contributed by atoms with Crippen LogP contribution in [0.4, 0.5) is 11.4 Å². The third kappa shape index (κ3) is 3.27. The summed E-state index contributed by atoms with van der Waals surface area (Å²) in [5, 5.41) is 23.6. The van der Waals surface area contributed by atoms with Gasteiger partial charge in [0.2, 0.25) is 0 Å². The minimum absolute atomic E-state index is 0.0504. The molecule has 0 saturated carbocycles. The van der Waals surface area contributed by atoms with Crippen LogP contribution in [0.3, 0.4) is 0 Å². The summed E-state index contributed by atoms with van der Waals surface area (Å²) < 4.78 is 1.98. The molecule has 0 spiro atoms. The average Bonchev–Trinajstić information content (AvgIpc) is 3.09. The maximum atomic E-state index is 11.2. The number of benzene rings is 2. The predicted octanol–water partition coefficient (Wildman–Crippen LogP) is 3.59. The molecule has 0 bridgehead atoms. The van der Waals surface area contributed by atoms with E-state index in [4.69, 9.17) is 0 Å². The Hall–Kier alpha value is -3.81. The molecule has 0 aliphatic heterocycles. The van der Waals surface area contributed by atoms with E-state index in [9.17, 15) is 10.1 Å². The van der Waals surface area contributed by atoms with Crippen LogP contribution < -0.4 is 5.32 Å². The SMILES string of the molecule is Cn1c(CCNc2ccc([N+](=O)[O-])c3cccnc23)nnc1-c1ccccc1. The first-order valence-electron chi connectivity index (χ1n) is 8.85. The normalized spacial score (nSPS) is 10.9. The molecular weight excluding hydrogens is 356 g/mol. The number of rotatable bonds is 6. The van der Waals surface area contributed by atoms with Gasteiger partial charge in [-0.25, -0.2) is 0 Å². The summed E-state index contributed by atoms with van der Waals surface area (Å²) in [4.78, 5) is 15.1. The lowest BCUT2D eigenvalue weighted by Crippen LogP contribution is -2.10. The number of nitro groups is 1. The first-order chi connectivity index (χ1) is 13.6. The summed E-state index contributed by atoms with van der Waals surface area (Å²) in [5.74, 6) is 1.67. The van der Waals surface area contributed by atoms with Gasteiger partial charge in [0, 0.05) is 37.8 Å². The number of anilines is 1. The molecule has 4 rings (SSSR count). The fraction of sp³-hybridized carbons (Fsp3) is 0.150. The summed E-state index contributed by atoms with van der Waals surface area (Å²) >= 11 is 0. The van der Waals surface area contributed by atoms with Crippen molar-refractivity contribution in [1.29, 1.82) is 0 Å². The smallest absolute Gasteiger partial charge is 0.278 e. The van der Waals surface area contributed by atoms with E-state index in [1.54, 1.807) is 24.4 Å². The zero-order chi connectivity index (χ0) is 19.5. The Bertz CT molecular complexity index is 1140. The minimum Gasteiger partial charge on any atom is -0.383 e. The Morgan fingerprint density at radius 2 is 1.89 bits per heavy atom. The van der Waals surface area contributed by atoms with Gasteiger partial charge in [0.15, 0.2) is 5.82 Å². The second-order valence-electron chi connectivity index (χ2n) is 6.33. The molecule has 28 heavy (non-hydrogen) atoms. The number of non-ortho nitro benzene ring substituents is 1. The van der Waals surface area contributed by atoms with Gasteiger partial charge in [-0.05, 0) is 18.2 Å². The molecule has 0 saturated heterocycles. The maximum absolute atomic E-state index is 11.2. The molecule has 0 fully saturated rings. The molecule has 0 aliphatic carbocycles. The largest absolute Gasteiger partial charge is 0.383 e. The van der Waals surface area contributed by atoms with Gasteiger partial charge >= 0.3 is 0 Å². The number of nitro benzene ring substituents is 1. The molecule has 2 aromatic heterocycles. The molecule has 0 radical (unpaired) electrons. The second kappa shape index (κ2) is 7.43. The van der Waals surface area contributed by atoms with E-state index < -0.39 is 4.92 Å². The van der Waals surface area contributed by atoms with Gasteiger partial charge in [-0.2, -0.15) is 0 Å². The maximum Gasteiger partial charge on any atom is 0.278 e. The Morgan fingerprint density at radius 1 is 1.07 bits per heavy atom. The van der Waals surface area contributed by atoms with Crippen LogP contribution in [0.5, 0.6) is 0 Å². The Morgan fingerprint density at radius 3 is 2.68 bits per heavy atom.